The summed E-state index contributed by atoms with van der Waals surface area (Å²) < 4.78 is 18.1. The van der Waals surface area contributed by atoms with Gasteiger partial charge in [0.25, 0.3) is 0 Å². The molecule has 0 saturated carbocycles. The van der Waals surface area contributed by atoms with Gasteiger partial charge in [0.1, 0.15) is 12.4 Å². The quantitative estimate of drug-likeness (QED) is 0.204. The number of methoxy groups -OCH3 is 1. The number of aliphatic imine (C=N–C) groups is 1. The molecule has 0 amide bonds. The number of nitrogens with one attached hydrogen (secondary N) is 2. The van der Waals surface area contributed by atoms with Crippen molar-refractivity contribution in [2.45, 2.75) is 38.8 Å². The highest BCUT2D eigenvalue weighted by atomic mass is 127. The summed E-state index contributed by atoms with van der Waals surface area (Å²) in [6.07, 6.45) is 3.38. The number of hydrogen-bond acceptors (Lipinski definition) is 6. The SMILES string of the molecule is COCCOCCCNC(=NCc1nnc(C)n1C)NCC1CCCO1.I. The van der Waals surface area contributed by atoms with Crippen LogP contribution in [0.2, 0.25) is 0 Å². The molecule has 1 atom stereocenters. The summed E-state index contributed by atoms with van der Waals surface area (Å²) in [5.41, 5.74) is 0. The predicted octanol–water partition coefficient (Wildman–Crippen LogP) is 1.01. The summed E-state index contributed by atoms with van der Waals surface area (Å²) in [6, 6.07) is 0. The lowest BCUT2D eigenvalue weighted by atomic mass is 10.2. The first-order valence-corrected chi connectivity index (χ1v) is 9.26. The maximum absolute atomic E-state index is 5.67. The van der Waals surface area contributed by atoms with E-state index in [0.29, 0.717) is 26.4 Å². The van der Waals surface area contributed by atoms with E-state index in [2.05, 4.69) is 25.8 Å². The summed E-state index contributed by atoms with van der Waals surface area (Å²) >= 11 is 0. The van der Waals surface area contributed by atoms with Crippen LogP contribution in [-0.4, -0.2) is 73.5 Å². The Bertz CT molecular complexity index is 549. The van der Waals surface area contributed by atoms with Crippen molar-refractivity contribution in [3.8, 4) is 0 Å². The predicted molar refractivity (Wildman–Crippen MR) is 115 cm³/mol. The van der Waals surface area contributed by atoms with Crippen molar-refractivity contribution in [2.24, 2.45) is 12.0 Å². The molecule has 0 aliphatic carbocycles. The first-order chi connectivity index (χ1) is 12.7. The zero-order valence-corrected chi connectivity index (χ0v) is 18.9. The van der Waals surface area contributed by atoms with Crippen LogP contribution in [0.25, 0.3) is 0 Å². The molecule has 0 radical (unpaired) electrons. The molecule has 2 N–H and O–H groups in total. The normalized spacial score (nSPS) is 17.0. The van der Waals surface area contributed by atoms with E-state index in [1.165, 1.54) is 0 Å². The molecular formula is C17H33IN6O3. The van der Waals surface area contributed by atoms with E-state index < -0.39 is 0 Å². The van der Waals surface area contributed by atoms with Gasteiger partial charge in [-0.15, -0.1) is 34.2 Å². The largest absolute Gasteiger partial charge is 0.382 e. The molecule has 1 saturated heterocycles. The van der Waals surface area contributed by atoms with Crippen molar-refractivity contribution < 1.29 is 14.2 Å². The van der Waals surface area contributed by atoms with Crippen LogP contribution in [0, 0.1) is 6.92 Å². The molecule has 0 spiro atoms. The topological polar surface area (TPSA) is 94.8 Å². The molecular weight excluding hydrogens is 463 g/mol. The Labute approximate surface area is 178 Å². The van der Waals surface area contributed by atoms with E-state index in [4.69, 9.17) is 14.2 Å². The molecule has 1 aliphatic rings. The van der Waals surface area contributed by atoms with Gasteiger partial charge in [-0.3, -0.25) is 0 Å². The molecule has 1 aromatic heterocycles. The highest BCUT2D eigenvalue weighted by Gasteiger charge is 2.15. The number of aromatic nitrogens is 3. The first kappa shape index (κ1) is 24.1. The second-order valence-electron chi connectivity index (χ2n) is 6.29. The van der Waals surface area contributed by atoms with Crippen molar-refractivity contribution in [3.05, 3.63) is 11.6 Å². The van der Waals surface area contributed by atoms with E-state index in [9.17, 15) is 0 Å². The smallest absolute Gasteiger partial charge is 0.191 e. The molecule has 2 rings (SSSR count). The average Bonchev–Trinajstić information content (AvgIpc) is 3.27. The molecule has 156 valence electrons. The molecule has 9 nitrogen and oxygen atoms in total. The minimum Gasteiger partial charge on any atom is -0.382 e. The Hall–Kier alpha value is -0.980. The van der Waals surface area contributed by atoms with Gasteiger partial charge >= 0.3 is 0 Å². The molecule has 10 heteroatoms. The van der Waals surface area contributed by atoms with Crippen LogP contribution in [0.4, 0.5) is 0 Å². The lowest BCUT2D eigenvalue weighted by Gasteiger charge is -2.15. The molecule has 1 unspecified atom stereocenters. The minimum atomic E-state index is 0. The Morgan fingerprint density at radius 2 is 2.15 bits per heavy atom. The zero-order valence-electron chi connectivity index (χ0n) is 16.6. The van der Waals surface area contributed by atoms with E-state index in [-0.39, 0.29) is 30.1 Å². The third-order valence-corrected chi connectivity index (χ3v) is 4.27. The van der Waals surface area contributed by atoms with Gasteiger partial charge in [-0.1, -0.05) is 0 Å². The molecule has 1 fully saturated rings. The summed E-state index contributed by atoms with van der Waals surface area (Å²) in [6.45, 7) is 6.74. The van der Waals surface area contributed by atoms with Gasteiger partial charge in [-0.05, 0) is 26.2 Å². The second kappa shape index (κ2) is 14.1. The van der Waals surface area contributed by atoms with Crippen molar-refractivity contribution in [1.82, 2.24) is 25.4 Å². The Morgan fingerprint density at radius 1 is 1.30 bits per heavy atom. The van der Waals surface area contributed by atoms with E-state index in [1.54, 1.807) is 7.11 Å². The average molecular weight is 496 g/mol. The van der Waals surface area contributed by atoms with E-state index >= 15 is 0 Å². The number of halogens is 1. The fourth-order valence-electron chi connectivity index (χ4n) is 2.55. The van der Waals surface area contributed by atoms with Gasteiger partial charge < -0.3 is 29.4 Å². The molecule has 27 heavy (non-hydrogen) atoms. The van der Waals surface area contributed by atoms with Gasteiger partial charge in [-0.25, -0.2) is 4.99 Å². The number of hydrogen-bond donors (Lipinski definition) is 2. The fraction of sp³-hybridized carbons (Fsp3) is 0.824. The lowest BCUT2D eigenvalue weighted by Crippen LogP contribution is -2.41. The van der Waals surface area contributed by atoms with Gasteiger partial charge in [0.2, 0.25) is 0 Å². The number of ether oxygens (including phenoxy) is 3. The van der Waals surface area contributed by atoms with Crippen molar-refractivity contribution >= 4 is 29.9 Å². The van der Waals surface area contributed by atoms with Crippen LogP contribution >= 0.6 is 24.0 Å². The molecule has 1 aromatic rings. The molecule has 2 heterocycles. The summed E-state index contributed by atoms with van der Waals surface area (Å²) in [4.78, 5) is 4.63. The summed E-state index contributed by atoms with van der Waals surface area (Å²) in [7, 11) is 3.62. The lowest BCUT2D eigenvalue weighted by molar-refractivity contribution is 0.0698. The highest BCUT2D eigenvalue weighted by molar-refractivity contribution is 14.0. The van der Waals surface area contributed by atoms with Crippen molar-refractivity contribution in [3.63, 3.8) is 0 Å². The van der Waals surface area contributed by atoms with Crippen LogP contribution < -0.4 is 10.6 Å². The van der Waals surface area contributed by atoms with Crippen molar-refractivity contribution in [2.75, 3.05) is 46.6 Å². The number of nitrogens with zero attached hydrogens (tertiary/aromatic N) is 4. The zero-order chi connectivity index (χ0) is 18.6. The number of rotatable bonds is 11. The van der Waals surface area contributed by atoms with Gasteiger partial charge in [0, 0.05) is 40.5 Å². The number of aryl methyl sites for hydroxylation is 1. The monoisotopic (exact) mass is 496 g/mol. The van der Waals surface area contributed by atoms with Crippen LogP contribution in [0.15, 0.2) is 4.99 Å². The third-order valence-electron chi connectivity index (χ3n) is 4.27. The molecule has 0 aromatic carbocycles. The summed E-state index contributed by atoms with van der Waals surface area (Å²) in [5, 5.41) is 14.9. The van der Waals surface area contributed by atoms with Crippen LogP contribution in [0.3, 0.4) is 0 Å². The van der Waals surface area contributed by atoms with Crippen LogP contribution in [0.1, 0.15) is 30.9 Å². The highest BCUT2D eigenvalue weighted by Crippen LogP contribution is 2.10. The summed E-state index contributed by atoms with van der Waals surface area (Å²) in [5.74, 6) is 2.48. The van der Waals surface area contributed by atoms with E-state index in [1.807, 2.05) is 18.5 Å². The number of guanidine groups is 1. The first-order valence-electron chi connectivity index (χ1n) is 9.26. The second-order valence-corrected chi connectivity index (χ2v) is 6.29. The van der Waals surface area contributed by atoms with Gasteiger partial charge in [0.05, 0.1) is 19.3 Å². The third kappa shape index (κ3) is 9.17. The van der Waals surface area contributed by atoms with Gasteiger partial charge in [0.15, 0.2) is 11.8 Å². The van der Waals surface area contributed by atoms with Crippen molar-refractivity contribution in [1.29, 1.82) is 0 Å². The van der Waals surface area contributed by atoms with E-state index in [0.717, 1.165) is 56.6 Å². The van der Waals surface area contributed by atoms with Crippen LogP contribution in [0.5, 0.6) is 0 Å². The molecule has 0 bridgehead atoms. The fourth-order valence-corrected chi connectivity index (χ4v) is 2.55. The maximum Gasteiger partial charge on any atom is 0.191 e. The van der Waals surface area contributed by atoms with Gasteiger partial charge in [-0.2, -0.15) is 0 Å². The molecule has 1 aliphatic heterocycles. The minimum absolute atomic E-state index is 0. The Balaban J connectivity index is 0.00000364. The Morgan fingerprint density at radius 3 is 2.81 bits per heavy atom. The Kier molecular flexibility index (Phi) is 12.5. The van der Waals surface area contributed by atoms with Crippen LogP contribution in [-0.2, 0) is 27.8 Å². The standard InChI is InChI=1S/C17H32N6O3.HI/c1-14-21-22-16(23(14)2)13-20-17(19-12-15-6-4-9-26-15)18-7-5-8-25-11-10-24-3;/h15H,4-13H2,1-3H3,(H2,18,19,20);1H. The maximum atomic E-state index is 5.67.